The molecule has 1 aliphatic rings. The maximum atomic E-state index is 13.0. The van der Waals surface area contributed by atoms with Gasteiger partial charge in [-0.2, -0.15) is 5.10 Å². The van der Waals surface area contributed by atoms with Crippen LogP contribution in [0.5, 0.6) is 0 Å². The van der Waals surface area contributed by atoms with Gasteiger partial charge in [0.2, 0.25) is 5.91 Å². The van der Waals surface area contributed by atoms with Gasteiger partial charge in [0.05, 0.1) is 24.9 Å². The van der Waals surface area contributed by atoms with Crippen molar-refractivity contribution in [2.45, 2.75) is 31.9 Å². The number of carbonyl (C=O) groups is 1. The van der Waals surface area contributed by atoms with E-state index in [0.29, 0.717) is 0 Å². The molecule has 0 spiro atoms. The number of rotatable bonds is 6. The molecule has 1 saturated heterocycles. The van der Waals surface area contributed by atoms with E-state index in [4.69, 9.17) is 0 Å². The molecule has 2 heterocycles. The molecular formula is C12H19ClF2N4O3S. The molecule has 0 radical (unpaired) electrons. The van der Waals surface area contributed by atoms with Crippen LogP contribution in [0, 0.1) is 0 Å². The average Bonchev–Trinajstić information content (AvgIpc) is 3.03. The number of halogens is 3. The Morgan fingerprint density at radius 2 is 2.26 bits per heavy atom. The van der Waals surface area contributed by atoms with Crippen molar-refractivity contribution in [3.8, 4) is 0 Å². The second-order valence-electron chi connectivity index (χ2n) is 5.18. The molecule has 11 heteroatoms. The van der Waals surface area contributed by atoms with Crippen molar-refractivity contribution >= 4 is 34.0 Å². The van der Waals surface area contributed by atoms with Gasteiger partial charge in [-0.15, -0.1) is 12.4 Å². The van der Waals surface area contributed by atoms with Gasteiger partial charge in [-0.25, -0.2) is 17.2 Å². The molecule has 1 aromatic heterocycles. The van der Waals surface area contributed by atoms with Crippen LogP contribution in [0.25, 0.3) is 0 Å². The Kier molecular flexibility index (Phi) is 6.49. The summed E-state index contributed by atoms with van der Waals surface area (Å²) in [6.45, 7) is 1.22. The maximum Gasteiger partial charge on any atom is 0.262 e. The number of aromatic nitrogens is 2. The summed E-state index contributed by atoms with van der Waals surface area (Å²) in [5.74, 6) is -3.25. The first-order valence-electron chi connectivity index (χ1n) is 6.87. The van der Waals surface area contributed by atoms with Crippen molar-refractivity contribution in [1.82, 2.24) is 15.1 Å². The Labute approximate surface area is 139 Å². The molecule has 1 amide bonds. The number of nitrogens with zero attached hydrogens (tertiary/aromatic N) is 2. The summed E-state index contributed by atoms with van der Waals surface area (Å²) in [7, 11) is -3.10. The largest absolute Gasteiger partial charge is 0.308 e. The van der Waals surface area contributed by atoms with Gasteiger partial charge in [0.1, 0.15) is 0 Å². The van der Waals surface area contributed by atoms with Crippen molar-refractivity contribution < 1.29 is 22.0 Å². The first-order chi connectivity index (χ1) is 10.2. The van der Waals surface area contributed by atoms with E-state index in [2.05, 4.69) is 15.7 Å². The Bertz CT molecular complexity index is 650. The monoisotopic (exact) mass is 372 g/mol. The fourth-order valence-electron chi connectivity index (χ4n) is 2.04. The Hall–Kier alpha value is -1.26. The lowest BCUT2D eigenvalue weighted by molar-refractivity contribution is -0.118. The van der Waals surface area contributed by atoms with Gasteiger partial charge in [-0.3, -0.25) is 14.8 Å². The van der Waals surface area contributed by atoms with Gasteiger partial charge in [-0.05, 0) is 0 Å². The fraction of sp³-hybridized carbons (Fsp3) is 0.667. The van der Waals surface area contributed by atoms with E-state index in [1.807, 2.05) is 0 Å². The molecule has 0 bridgehead atoms. The average molecular weight is 373 g/mol. The number of alkyl halides is 2. The molecule has 132 valence electrons. The minimum atomic E-state index is -3.10. The predicted octanol–water partition coefficient (Wildman–Crippen LogP) is 0.675. The van der Waals surface area contributed by atoms with Crippen molar-refractivity contribution in [1.29, 1.82) is 0 Å². The van der Waals surface area contributed by atoms with Crippen molar-refractivity contribution in [3.05, 3.63) is 12.3 Å². The third kappa shape index (κ3) is 5.70. The number of hydrogen-bond acceptors (Lipinski definition) is 5. The minimum absolute atomic E-state index is 0. The maximum absolute atomic E-state index is 13.0. The van der Waals surface area contributed by atoms with Crippen LogP contribution in [0.4, 0.5) is 14.6 Å². The highest BCUT2D eigenvalue weighted by Gasteiger charge is 2.42. The summed E-state index contributed by atoms with van der Waals surface area (Å²) in [5.41, 5.74) is 0. The summed E-state index contributed by atoms with van der Waals surface area (Å²) in [5, 5.41) is 8.89. The Morgan fingerprint density at radius 1 is 1.57 bits per heavy atom. The third-order valence-electron chi connectivity index (χ3n) is 3.39. The van der Waals surface area contributed by atoms with E-state index in [0.717, 1.165) is 0 Å². The normalized spacial score (nSPS) is 20.0. The summed E-state index contributed by atoms with van der Waals surface area (Å²) >= 11 is 0. The molecule has 1 aliphatic heterocycles. The van der Waals surface area contributed by atoms with Gasteiger partial charge < -0.3 is 5.32 Å². The van der Waals surface area contributed by atoms with Crippen molar-refractivity contribution in [2.24, 2.45) is 0 Å². The molecule has 0 aliphatic carbocycles. The van der Waals surface area contributed by atoms with Crippen LogP contribution < -0.4 is 10.6 Å². The van der Waals surface area contributed by atoms with E-state index >= 15 is 0 Å². The summed E-state index contributed by atoms with van der Waals surface area (Å²) < 4.78 is 50.2. The van der Waals surface area contributed by atoms with Gasteiger partial charge in [0.25, 0.3) is 5.92 Å². The van der Waals surface area contributed by atoms with Crippen LogP contribution in [-0.2, 0) is 21.2 Å². The van der Waals surface area contributed by atoms with Crippen molar-refractivity contribution in [3.63, 3.8) is 0 Å². The second-order valence-corrected chi connectivity index (χ2v) is 7.66. The lowest BCUT2D eigenvalue weighted by Crippen LogP contribution is -2.35. The van der Waals surface area contributed by atoms with Crippen LogP contribution >= 0.6 is 12.4 Å². The standard InChI is InChI=1S/C12H18F2N4O3S.ClH/c1-2-22(20,21)6-5-18-4-3-10(17-18)16-11(19)9-7-12(13,14)8-15-9;/h3-4,9,15H,2,5-8H2,1H3,(H,16,17,19);1H. The van der Waals surface area contributed by atoms with Crippen LogP contribution in [-0.4, -0.2) is 54.1 Å². The van der Waals surface area contributed by atoms with Crippen LogP contribution in [0.2, 0.25) is 0 Å². The number of anilines is 1. The molecule has 0 saturated carbocycles. The zero-order chi connectivity index (χ0) is 16.4. The van der Waals surface area contributed by atoms with E-state index < -0.39 is 40.7 Å². The van der Waals surface area contributed by atoms with Gasteiger partial charge in [-0.1, -0.05) is 6.92 Å². The number of sulfone groups is 1. The highest BCUT2D eigenvalue weighted by Crippen LogP contribution is 2.25. The SMILES string of the molecule is CCS(=O)(=O)CCn1ccc(NC(=O)C2CC(F)(F)CN2)n1.Cl. The summed E-state index contributed by atoms with van der Waals surface area (Å²) in [6.07, 6.45) is 0.978. The second kappa shape index (κ2) is 7.54. The van der Waals surface area contributed by atoms with Crippen LogP contribution in [0.3, 0.4) is 0 Å². The van der Waals surface area contributed by atoms with Crippen LogP contribution in [0.1, 0.15) is 13.3 Å². The molecule has 23 heavy (non-hydrogen) atoms. The van der Waals surface area contributed by atoms with Gasteiger partial charge in [0, 0.05) is 24.4 Å². The van der Waals surface area contributed by atoms with Gasteiger partial charge >= 0.3 is 0 Å². The van der Waals surface area contributed by atoms with E-state index in [1.54, 1.807) is 6.92 Å². The number of hydrogen-bond donors (Lipinski definition) is 2. The third-order valence-corrected chi connectivity index (χ3v) is 5.07. The fourth-order valence-corrected chi connectivity index (χ4v) is 2.80. The smallest absolute Gasteiger partial charge is 0.262 e. The highest BCUT2D eigenvalue weighted by atomic mass is 35.5. The lowest BCUT2D eigenvalue weighted by atomic mass is 10.2. The molecule has 1 unspecified atom stereocenters. The molecule has 1 aromatic rings. The number of aryl methyl sites for hydroxylation is 1. The number of nitrogens with one attached hydrogen (secondary N) is 2. The molecule has 1 fully saturated rings. The molecular weight excluding hydrogens is 354 g/mol. The topological polar surface area (TPSA) is 93.1 Å². The van der Waals surface area contributed by atoms with Gasteiger partial charge in [0.15, 0.2) is 15.7 Å². The van der Waals surface area contributed by atoms with Crippen molar-refractivity contribution in [2.75, 3.05) is 23.4 Å². The Morgan fingerprint density at radius 3 is 2.83 bits per heavy atom. The number of carbonyl (C=O) groups excluding carboxylic acids is 1. The molecule has 7 nitrogen and oxygen atoms in total. The predicted molar refractivity (Wildman–Crippen MR) is 83.8 cm³/mol. The Balaban J connectivity index is 0.00000264. The molecule has 2 rings (SSSR count). The summed E-state index contributed by atoms with van der Waals surface area (Å²) in [4.78, 5) is 11.8. The van der Waals surface area contributed by atoms with E-state index in [9.17, 15) is 22.0 Å². The number of amides is 1. The lowest BCUT2D eigenvalue weighted by Gasteiger charge is -2.09. The minimum Gasteiger partial charge on any atom is -0.308 e. The van der Waals surface area contributed by atoms with Crippen LogP contribution in [0.15, 0.2) is 12.3 Å². The first-order valence-corrected chi connectivity index (χ1v) is 8.69. The molecule has 1 atom stereocenters. The quantitative estimate of drug-likeness (QED) is 0.765. The van der Waals surface area contributed by atoms with E-state index in [-0.39, 0.29) is 36.3 Å². The molecule has 0 aromatic carbocycles. The molecule has 2 N–H and O–H groups in total. The zero-order valence-electron chi connectivity index (χ0n) is 12.5. The first kappa shape index (κ1) is 19.8. The zero-order valence-corrected chi connectivity index (χ0v) is 14.1. The summed E-state index contributed by atoms with van der Waals surface area (Å²) in [6, 6.07) is 0.532. The highest BCUT2D eigenvalue weighted by molar-refractivity contribution is 7.91. The van der Waals surface area contributed by atoms with E-state index in [1.165, 1.54) is 16.9 Å².